The maximum Gasteiger partial charge on any atom is 0.373 e. The fourth-order valence-corrected chi connectivity index (χ4v) is 4.26. The maximum absolute atomic E-state index is 12.9. The molecule has 3 aromatic rings. The van der Waals surface area contributed by atoms with Gasteiger partial charge in [0.25, 0.3) is 5.78 Å². The van der Waals surface area contributed by atoms with E-state index >= 15 is 0 Å². The van der Waals surface area contributed by atoms with Crippen LogP contribution in [0.4, 0.5) is 0 Å². The SMILES string of the molecule is N=C(N)c1cccc(C[C@H](NS(=O)(=O)c2ccc3ccccc3c2)C(=O)C(=O)O)c1. The molecule has 0 aliphatic rings. The first-order chi connectivity index (χ1) is 14.2. The molecule has 1 atom stereocenters. The van der Waals surface area contributed by atoms with Gasteiger partial charge in [-0.1, -0.05) is 48.5 Å². The summed E-state index contributed by atoms with van der Waals surface area (Å²) >= 11 is 0. The highest BCUT2D eigenvalue weighted by molar-refractivity contribution is 7.89. The van der Waals surface area contributed by atoms with E-state index in [9.17, 15) is 18.0 Å². The molecule has 0 amide bonds. The number of carbonyl (C=O) groups excluding carboxylic acids is 1. The molecule has 0 heterocycles. The first-order valence-electron chi connectivity index (χ1n) is 8.89. The zero-order chi connectivity index (χ0) is 21.9. The molecule has 154 valence electrons. The molecule has 0 bridgehead atoms. The lowest BCUT2D eigenvalue weighted by Gasteiger charge is -2.17. The first kappa shape index (κ1) is 21.2. The Morgan fingerprint density at radius 2 is 1.70 bits per heavy atom. The van der Waals surface area contributed by atoms with Gasteiger partial charge in [0, 0.05) is 5.56 Å². The molecule has 0 saturated carbocycles. The number of hydrogen-bond acceptors (Lipinski definition) is 5. The summed E-state index contributed by atoms with van der Waals surface area (Å²) in [5.41, 5.74) is 6.30. The van der Waals surface area contributed by atoms with Crippen LogP contribution in [0.25, 0.3) is 10.8 Å². The Bertz CT molecular complexity index is 1250. The van der Waals surface area contributed by atoms with Crippen LogP contribution in [0, 0.1) is 5.41 Å². The van der Waals surface area contributed by atoms with Crippen LogP contribution in [0.15, 0.2) is 71.6 Å². The highest BCUT2D eigenvalue weighted by Gasteiger charge is 2.30. The summed E-state index contributed by atoms with van der Waals surface area (Å²) in [4.78, 5) is 23.4. The topological polar surface area (TPSA) is 150 Å². The lowest BCUT2D eigenvalue weighted by molar-refractivity contribution is -0.149. The maximum atomic E-state index is 12.9. The minimum Gasteiger partial charge on any atom is -0.475 e. The number of Topliss-reactive ketones (excluding diaryl/α,β-unsaturated/α-hetero) is 1. The van der Waals surface area contributed by atoms with Gasteiger partial charge in [0.15, 0.2) is 0 Å². The number of carboxylic acid groups (broad SMARTS) is 1. The predicted molar refractivity (Wildman–Crippen MR) is 112 cm³/mol. The van der Waals surface area contributed by atoms with E-state index < -0.39 is 27.8 Å². The molecule has 0 aliphatic heterocycles. The monoisotopic (exact) mass is 425 g/mol. The van der Waals surface area contributed by atoms with E-state index in [1.54, 1.807) is 36.4 Å². The number of nitrogens with one attached hydrogen (secondary N) is 2. The van der Waals surface area contributed by atoms with Gasteiger partial charge in [-0.3, -0.25) is 10.2 Å². The van der Waals surface area contributed by atoms with Crippen molar-refractivity contribution in [1.82, 2.24) is 4.72 Å². The third-order valence-electron chi connectivity index (χ3n) is 4.53. The molecule has 0 aliphatic carbocycles. The number of nitrogens with two attached hydrogens (primary N) is 1. The predicted octanol–water partition coefficient (Wildman–Crippen LogP) is 1.67. The number of rotatable bonds is 8. The van der Waals surface area contributed by atoms with Crippen LogP contribution < -0.4 is 10.5 Å². The molecule has 0 radical (unpaired) electrons. The number of amidine groups is 1. The van der Waals surface area contributed by atoms with Crippen molar-refractivity contribution < 1.29 is 23.1 Å². The van der Waals surface area contributed by atoms with Crippen LogP contribution in [0.2, 0.25) is 0 Å². The Morgan fingerprint density at radius 3 is 2.37 bits per heavy atom. The number of carboxylic acids is 1. The smallest absolute Gasteiger partial charge is 0.373 e. The largest absolute Gasteiger partial charge is 0.475 e. The van der Waals surface area contributed by atoms with Gasteiger partial charge in [-0.2, -0.15) is 4.72 Å². The summed E-state index contributed by atoms with van der Waals surface area (Å²) in [6.07, 6.45) is -0.209. The minimum absolute atomic E-state index is 0.0816. The van der Waals surface area contributed by atoms with Gasteiger partial charge < -0.3 is 10.8 Å². The van der Waals surface area contributed by atoms with E-state index in [1.165, 1.54) is 18.2 Å². The zero-order valence-electron chi connectivity index (χ0n) is 15.7. The van der Waals surface area contributed by atoms with E-state index in [-0.39, 0.29) is 17.2 Å². The summed E-state index contributed by atoms with van der Waals surface area (Å²) in [5.74, 6) is -3.23. The summed E-state index contributed by atoms with van der Waals surface area (Å²) in [5, 5.41) is 18.2. The average molecular weight is 425 g/mol. The number of ketones is 1. The van der Waals surface area contributed by atoms with Crippen molar-refractivity contribution in [3.05, 3.63) is 77.9 Å². The molecule has 0 saturated heterocycles. The fourth-order valence-electron chi connectivity index (χ4n) is 3.03. The molecule has 3 aromatic carbocycles. The van der Waals surface area contributed by atoms with E-state index in [2.05, 4.69) is 4.72 Å². The van der Waals surface area contributed by atoms with Crippen molar-refractivity contribution in [1.29, 1.82) is 5.41 Å². The average Bonchev–Trinajstić information content (AvgIpc) is 2.72. The molecule has 0 aromatic heterocycles. The molecular formula is C21H19N3O5S. The molecule has 9 heteroatoms. The van der Waals surface area contributed by atoms with Crippen LogP contribution >= 0.6 is 0 Å². The molecule has 0 spiro atoms. The van der Waals surface area contributed by atoms with Crippen LogP contribution in [0.5, 0.6) is 0 Å². The van der Waals surface area contributed by atoms with Gasteiger partial charge in [-0.15, -0.1) is 0 Å². The summed E-state index contributed by atoms with van der Waals surface area (Å²) in [6, 6.07) is 16.4. The first-order valence-corrected chi connectivity index (χ1v) is 10.4. The van der Waals surface area contributed by atoms with Crippen molar-refractivity contribution in [2.75, 3.05) is 0 Å². The van der Waals surface area contributed by atoms with E-state index in [0.29, 0.717) is 16.5 Å². The van der Waals surface area contributed by atoms with Gasteiger partial charge >= 0.3 is 5.97 Å². The van der Waals surface area contributed by atoms with Crippen LogP contribution in [-0.4, -0.2) is 37.2 Å². The normalized spacial score (nSPS) is 12.4. The lowest BCUT2D eigenvalue weighted by atomic mass is 10.0. The lowest BCUT2D eigenvalue weighted by Crippen LogP contribution is -2.45. The number of hydrogen-bond donors (Lipinski definition) is 4. The number of benzene rings is 3. The second kappa shape index (κ2) is 8.44. The fraction of sp³-hybridized carbons (Fsp3) is 0.0952. The Hall–Kier alpha value is -3.56. The number of nitrogen functional groups attached to an aromatic ring is 1. The Labute approximate surface area is 172 Å². The van der Waals surface area contributed by atoms with Crippen LogP contribution in [-0.2, 0) is 26.0 Å². The molecule has 30 heavy (non-hydrogen) atoms. The van der Waals surface area contributed by atoms with Crippen LogP contribution in [0.3, 0.4) is 0 Å². The number of sulfonamides is 1. The van der Waals surface area contributed by atoms with Gasteiger partial charge in [-0.05, 0) is 41.0 Å². The molecule has 0 unspecified atom stereocenters. The highest BCUT2D eigenvalue weighted by atomic mass is 32.2. The zero-order valence-corrected chi connectivity index (χ0v) is 16.5. The van der Waals surface area contributed by atoms with Crippen LogP contribution in [0.1, 0.15) is 11.1 Å². The third-order valence-corrected chi connectivity index (χ3v) is 6.00. The van der Waals surface area contributed by atoms with Gasteiger partial charge in [0.1, 0.15) is 5.84 Å². The minimum atomic E-state index is -4.18. The van der Waals surface area contributed by atoms with Crippen molar-refractivity contribution in [2.24, 2.45) is 5.73 Å². The van der Waals surface area contributed by atoms with Crippen molar-refractivity contribution in [3.63, 3.8) is 0 Å². The Balaban J connectivity index is 1.93. The van der Waals surface area contributed by atoms with Gasteiger partial charge in [0.2, 0.25) is 10.0 Å². The number of fused-ring (bicyclic) bond motifs is 1. The van der Waals surface area contributed by atoms with Crippen molar-refractivity contribution >= 4 is 38.4 Å². The van der Waals surface area contributed by atoms with E-state index in [4.69, 9.17) is 16.2 Å². The quantitative estimate of drug-likeness (QED) is 0.245. The molecule has 3 rings (SSSR count). The van der Waals surface area contributed by atoms with Crippen molar-refractivity contribution in [2.45, 2.75) is 17.4 Å². The third kappa shape index (κ3) is 4.70. The van der Waals surface area contributed by atoms with Crippen molar-refractivity contribution in [3.8, 4) is 0 Å². The molecule has 5 N–H and O–H groups in total. The summed E-state index contributed by atoms with van der Waals surface area (Å²) in [7, 11) is -4.18. The summed E-state index contributed by atoms with van der Waals surface area (Å²) < 4.78 is 27.9. The van der Waals surface area contributed by atoms with E-state index in [1.807, 2.05) is 12.1 Å². The second-order valence-electron chi connectivity index (χ2n) is 6.67. The molecule has 8 nitrogen and oxygen atoms in total. The summed E-state index contributed by atoms with van der Waals surface area (Å²) in [6.45, 7) is 0. The Morgan fingerprint density at radius 1 is 1.00 bits per heavy atom. The van der Waals surface area contributed by atoms with Gasteiger partial charge in [0.05, 0.1) is 10.9 Å². The highest BCUT2D eigenvalue weighted by Crippen LogP contribution is 2.20. The van der Waals surface area contributed by atoms with E-state index in [0.717, 1.165) is 5.39 Å². The van der Waals surface area contributed by atoms with Gasteiger partial charge in [-0.25, -0.2) is 13.2 Å². The second-order valence-corrected chi connectivity index (χ2v) is 8.38. The number of carbonyl (C=O) groups is 2. The molecule has 0 fully saturated rings. The standard InChI is InChI=1S/C21H19N3O5S/c22-20(23)16-7-3-4-13(10-16)11-18(19(25)21(26)27)24-30(28,29)17-9-8-14-5-1-2-6-15(14)12-17/h1-10,12,18,24H,11H2,(H3,22,23)(H,26,27)/t18-/m0/s1. The number of aliphatic carboxylic acids is 1. The molecular weight excluding hydrogens is 406 g/mol. The Kier molecular flexibility index (Phi) is 5.95.